The summed E-state index contributed by atoms with van der Waals surface area (Å²) in [7, 11) is 1.81. The fraction of sp³-hybridized carbons (Fsp3) is 0.600. The molecule has 3 unspecified atom stereocenters. The third kappa shape index (κ3) is 5.59. The monoisotopic (exact) mass is 470 g/mol. The second-order valence-electron chi connectivity index (χ2n) is 7.51. The molecule has 1 aromatic carbocycles. The number of nitrogens with zero attached hydrogens (tertiary/aromatic N) is 1. The first-order chi connectivity index (χ1) is 12.2. The molecule has 1 heterocycles. The first-order valence-electron chi connectivity index (χ1n) is 9.49. The molecule has 3 atom stereocenters. The number of carbonyl (C=O) groups excluding carboxylic acids is 1. The minimum Gasteiger partial charge on any atom is -0.356 e. The van der Waals surface area contributed by atoms with Gasteiger partial charge in [-0.1, -0.05) is 38.0 Å². The molecule has 3 N–H and O–H groups in total. The van der Waals surface area contributed by atoms with Gasteiger partial charge in [0.05, 0.1) is 0 Å². The van der Waals surface area contributed by atoms with Gasteiger partial charge >= 0.3 is 0 Å². The van der Waals surface area contributed by atoms with Crippen LogP contribution in [0.25, 0.3) is 0 Å². The molecule has 2 aliphatic rings. The van der Waals surface area contributed by atoms with E-state index in [-0.39, 0.29) is 35.8 Å². The fourth-order valence-corrected chi connectivity index (χ4v) is 4.11. The number of halogens is 1. The van der Waals surface area contributed by atoms with E-state index in [0.717, 1.165) is 30.0 Å². The number of rotatable bonds is 4. The zero-order chi connectivity index (χ0) is 17.6. The number of nitrogens with one attached hydrogen (secondary N) is 3. The molecule has 3 rings (SSSR count). The Labute approximate surface area is 173 Å². The van der Waals surface area contributed by atoms with Crippen LogP contribution in [0, 0.1) is 11.8 Å². The quantitative estimate of drug-likeness (QED) is 0.357. The van der Waals surface area contributed by atoms with Crippen LogP contribution < -0.4 is 16.0 Å². The molecule has 1 aromatic rings. The Morgan fingerprint density at radius 2 is 2.00 bits per heavy atom. The van der Waals surface area contributed by atoms with Crippen molar-refractivity contribution in [1.29, 1.82) is 0 Å². The first kappa shape index (κ1) is 21.0. The van der Waals surface area contributed by atoms with E-state index < -0.39 is 0 Å². The number of para-hydroxylation sites is 1. The smallest absolute Gasteiger partial charge is 0.225 e. The maximum absolute atomic E-state index is 11.9. The first-order valence-corrected chi connectivity index (χ1v) is 9.49. The van der Waals surface area contributed by atoms with Gasteiger partial charge in [-0.2, -0.15) is 0 Å². The summed E-state index contributed by atoms with van der Waals surface area (Å²) in [4.78, 5) is 16.3. The highest BCUT2D eigenvalue weighted by atomic mass is 127. The summed E-state index contributed by atoms with van der Waals surface area (Å²) < 4.78 is 0. The molecule has 0 aromatic heterocycles. The lowest BCUT2D eigenvalue weighted by Crippen LogP contribution is -2.42. The van der Waals surface area contributed by atoms with E-state index in [1.807, 2.05) is 18.2 Å². The van der Waals surface area contributed by atoms with Gasteiger partial charge in [-0.15, -0.1) is 24.0 Å². The number of anilines is 1. The molecule has 0 spiro atoms. The molecule has 0 saturated heterocycles. The molecule has 1 saturated carbocycles. The van der Waals surface area contributed by atoms with Gasteiger partial charge in [0.1, 0.15) is 0 Å². The lowest BCUT2D eigenvalue weighted by molar-refractivity contribution is -0.116. The Morgan fingerprint density at radius 1 is 1.23 bits per heavy atom. The van der Waals surface area contributed by atoms with Crippen LogP contribution in [0.1, 0.15) is 50.5 Å². The van der Waals surface area contributed by atoms with Crippen LogP contribution in [0.5, 0.6) is 0 Å². The van der Waals surface area contributed by atoms with Crippen LogP contribution in [-0.4, -0.2) is 32.0 Å². The minimum absolute atomic E-state index is 0. The molecule has 0 radical (unpaired) electrons. The molecule has 5 nitrogen and oxygen atoms in total. The number of guanidine groups is 1. The molecule has 1 amide bonds. The van der Waals surface area contributed by atoms with Crippen molar-refractivity contribution in [3.63, 3.8) is 0 Å². The van der Waals surface area contributed by atoms with Crippen LogP contribution in [-0.2, 0) is 4.79 Å². The average molecular weight is 470 g/mol. The SMILES string of the molecule is CN=C(NCC1CCCC(C)C1)NCC1CC(=O)Nc2ccccc21.I. The lowest BCUT2D eigenvalue weighted by atomic mass is 9.82. The number of hydrogen-bond donors (Lipinski definition) is 3. The maximum Gasteiger partial charge on any atom is 0.225 e. The van der Waals surface area contributed by atoms with Gasteiger partial charge in [-0.05, 0) is 36.3 Å². The molecule has 1 aliphatic heterocycles. The summed E-state index contributed by atoms with van der Waals surface area (Å²) >= 11 is 0. The molecule has 6 heteroatoms. The van der Waals surface area contributed by atoms with Crippen LogP contribution in [0.2, 0.25) is 0 Å². The number of hydrogen-bond acceptors (Lipinski definition) is 2. The van der Waals surface area contributed by atoms with Crippen molar-refractivity contribution in [2.45, 2.75) is 44.9 Å². The highest BCUT2D eigenvalue weighted by Crippen LogP contribution is 2.31. The summed E-state index contributed by atoms with van der Waals surface area (Å²) in [6, 6.07) is 8.05. The van der Waals surface area contributed by atoms with E-state index in [1.165, 1.54) is 31.2 Å². The molecular weight excluding hydrogens is 439 g/mol. The highest BCUT2D eigenvalue weighted by molar-refractivity contribution is 14.0. The van der Waals surface area contributed by atoms with Crippen molar-refractivity contribution < 1.29 is 4.79 Å². The Balaban J connectivity index is 0.00000243. The summed E-state index contributed by atoms with van der Waals surface area (Å²) in [5, 5.41) is 9.83. The zero-order valence-corrected chi connectivity index (χ0v) is 18.1. The van der Waals surface area contributed by atoms with Crippen molar-refractivity contribution in [3.05, 3.63) is 29.8 Å². The molecule has 1 aliphatic carbocycles. The Morgan fingerprint density at radius 3 is 2.77 bits per heavy atom. The third-order valence-electron chi connectivity index (χ3n) is 5.45. The predicted molar refractivity (Wildman–Crippen MR) is 118 cm³/mol. The van der Waals surface area contributed by atoms with Crippen LogP contribution in [0.3, 0.4) is 0 Å². The van der Waals surface area contributed by atoms with Crippen LogP contribution in [0.4, 0.5) is 5.69 Å². The number of benzene rings is 1. The van der Waals surface area contributed by atoms with Crippen molar-refractivity contribution in [1.82, 2.24) is 10.6 Å². The molecule has 26 heavy (non-hydrogen) atoms. The predicted octanol–water partition coefficient (Wildman–Crippen LogP) is 3.72. The van der Waals surface area contributed by atoms with E-state index in [1.54, 1.807) is 7.05 Å². The van der Waals surface area contributed by atoms with Gasteiger partial charge in [0.15, 0.2) is 5.96 Å². The maximum atomic E-state index is 11.9. The van der Waals surface area contributed by atoms with Crippen LogP contribution in [0.15, 0.2) is 29.3 Å². The summed E-state index contributed by atoms with van der Waals surface area (Å²) in [5.41, 5.74) is 2.14. The number of amides is 1. The van der Waals surface area contributed by atoms with E-state index in [2.05, 4.69) is 33.9 Å². The molecule has 144 valence electrons. The van der Waals surface area contributed by atoms with Crippen molar-refractivity contribution in [2.24, 2.45) is 16.8 Å². The van der Waals surface area contributed by atoms with Gasteiger partial charge < -0.3 is 16.0 Å². The van der Waals surface area contributed by atoms with E-state index >= 15 is 0 Å². The summed E-state index contributed by atoms with van der Waals surface area (Å²) in [6.45, 7) is 4.04. The fourth-order valence-electron chi connectivity index (χ4n) is 4.11. The summed E-state index contributed by atoms with van der Waals surface area (Å²) in [5.74, 6) is 2.68. The number of aliphatic imine (C=N–C) groups is 1. The Kier molecular flexibility index (Phi) is 8.18. The van der Waals surface area contributed by atoms with E-state index in [4.69, 9.17) is 0 Å². The second kappa shape index (κ2) is 10.1. The summed E-state index contributed by atoms with van der Waals surface area (Å²) in [6.07, 6.45) is 5.84. The van der Waals surface area contributed by atoms with Crippen molar-refractivity contribution >= 4 is 41.5 Å². The average Bonchev–Trinajstić information content (AvgIpc) is 2.61. The largest absolute Gasteiger partial charge is 0.356 e. The Bertz CT molecular complexity index is 634. The lowest BCUT2D eigenvalue weighted by Gasteiger charge is -2.28. The van der Waals surface area contributed by atoms with Crippen LogP contribution >= 0.6 is 24.0 Å². The van der Waals surface area contributed by atoms with E-state index in [9.17, 15) is 4.79 Å². The Hall–Kier alpha value is -1.31. The van der Waals surface area contributed by atoms with E-state index in [0.29, 0.717) is 13.0 Å². The van der Waals surface area contributed by atoms with Gasteiger partial charge in [-0.3, -0.25) is 9.79 Å². The normalized spacial score (nSPS) is 25.5. The number of carbonyl (C=O) groups is 1. The van der Waals surface area contributed by atoms with Gasteiger partial charge in [0.25, 0.3) is 0 Å². The molecule has 1 fully saturated rings. The second-order valence-corrected chi connectivity index (χ2v) is 7.51. The minimum atomic E-state index is 0. The van der Waals surface area contributed by atoms with Gasteiger partial charge in [-0.25, -0.2) is 0 Å². The molecule has 0 bridgehead atoms. The standard InChI is InChI=1S/C20H30N4O.HI/c1-14-6-5-7-15(10-14)12-22-20(21-2)23-13-16-11-19(25)24-18-9-4-3-8-17(16)18;/h3-4,8-9,14-16H,5-7,10-13H2,1-2H3,(H,24,25)(H2,21,22,23);1H. The molecular formula is C20H31IN4O. The highest BCUT2D eigenvalue weighted by Gasteiger charge is 2.25. The van der Waals surface area contributed by atoms with Crippen molar-refractivity contribution in [2.75, 3.05) is 25.5 Å². The topological polar surface area (TPSA) is 65.5 Å². The van der Waals surface area contributed by atoms with Gasteiger partial charge in [0.2, 0.25) is 5.91 Å². The zero-order valence-electron chi connectivity index (χ0n) is 15.8. The number of fused-ring (bicyclic) bond motifs is 1. The third-order valence-corrected chi connectivity index (χ3v) is 5.45. The van der Waals surface area contributed by atoms with Gasteiger partial charge in [0, 0.05) is 38.2 Å². The van der Waals surface area contributed by atoms with Crippen molar-refractivity contribution in [3.8, 4) is 0 Å².